The Balaban J connectivity index is 2.47. The molecular formula is C12H25N3. The molecule has 1 aliphatic heterocycles. The van der Waals surface area contributed by atoms with Gasteiger partial charge in [-0.15, -0.1) is 0 Å². The molecule has 0 atom stereocenters. The maximum absolute atomic E-state index is 7.92. The zero-order valence-electron chi connectivity index (χ0n) is 10.6. The Morgan fingerprint density at radius 1 is 1.33 bits per heavy atom. The maximum atomic E-state index is 7.92. The third-order valence-corrected chi connectivity index (χ3v) is 2.84. The first kappa shape index (κ1) is 12.5. The van der Waals surface area contributed by atoms with Crippen LogP contribution in [0.5, 0.6) is 0 Å². The first-order chi connectivity index (χ1) is 6.91. The van der Waals surface area contributed by atoms with Crippen LogP contribution in [0.3, 0.4) is 0 Å². The number of nitrogens with one attached hydrogen (secondary N) is 1. The normalized spacial score (nSPS) is 18.7. The maximum Gasteiger partial charge on any atom is 0.0957 e. The second kappa shape index (κ2) is 4.97. The van der Waals surface area contributed by atoms with E-state index in [-0.39, 0.29) is 5.41 Å². The molecule has 1 aliphatic rings. The molecule has 0 amide bonds. The zero-order chi connectivity index (χ0) is 11.5. The summed E-state index contributed by atoms with van der Waals surface area (Å²) in [6.07, 6.45) is 3.42. The van der Waals surface area contributed by atoms with Crippen LogP contribution in [0.15, 0.2) is 0 Å². The van der Waals surface area contributed by atoms with E-state index in [9.17, 15) is 0 Å². The predicted octanol–water partition coefficient (Wildman–Crippen LogP) is 2.04. The van der Waals surface area contributed by atoms with Crippen LogP contribution in [-0.4, -0.2) is 49.4 Å². The van der Waals surface area contributed by atoms with Crippen LogP contribution in [0.2, 0.25) is 0 Å². The van der Waals surface area contributed by atoms with Crippen molar-refractivity contribution in [2.75, 3.05) is 33.7 Å². The summed E-state index contributed by atoms with van der Waals surface area (Å²) in [5.41, 5.74) is 0.271. The Morgan fingerprint density at radius 3 is 2.53 bits per heavy atom. The molecule has 15 heavy (non-hydrogen) atoms. The van der Waals surface area contributed by atoms with Crippen LogP contribution in [0.4, 0.5) is 0 Å². The van der Waals surface area contributed by atoms with Crippen molar-refractivity contribution in [1.82, 2.24) is 9.80 Å². The average Bonchev–Trinajstić information content (AvgIpc) is 2.06. The van der Waals surface area contributed by atoms with Gasteiger partial charge in [-0.25, -0.2) is 0 Å². The van der Waals surface area contributed by atoms with Gasteiger partial charge in [0.25, 0.3) is 0 Å². The molecule has 88 valence electrons. The first-order valence-electron chi connectivity index (χ1n) is 5.88. The summed E-state index contributed by atoms with van der Waals surface area (Å²) in [5, 5.41) is 7.92. The average molecular weight is 211 g/mol. The summed E-state index contributed by atoms with van der Waals surface area (Å²) in [4.78, 5) is 4.49. The van der Waals surface area contributed by atoms with Crippen molar-refractivity contribution in [3.05, 3.63) is 0 Å². The molecule has 1 fully saturated rings. The van der Waals surface area contributed by atoms with E-state index in [0.29, 0.717) is 0 Å². The molecule has 0 bridgehead atoms. The van der Waals surface area contributed by atoms with Gasteiger partial charge in [-0.1, -0.05) is 13.8 Å². The number of piperidine rings is 1. The third-order valence-electron chi connectivity index (χ3n) is 2.84. The molecule has 3 heteroatoms. The van der Waals surface area contributed by atoms with E-state index in [1.165, 1.54) is 12.8 Å². The van der Waals surface area contributed by atoms with E-state index in [0.717, 1.165) is 31.9 Å². The highest BCUT2D eigenvalue weighted by molar-refractivity contribution is 5.79. The molecule has 1 saturated heterocycles. The summed E-state index contributed by atoms with van der Waals surface area (Å²) in [6.45, 7) is 7.75. The fraction of sp³-hybridized carbons (Fsp3) is 0.917. The van der Waals surface area contributed by atoms with E-state index in [2.05, 4.69) is 37.7 Å². The van der Waals surface area contributed by atoms with Gasteiger partial charge in [0.05, 0.1) is 5.84 Å². The van der Waals surface area contributed by atoms with Crippen molar-refractivity contribution in [3.63, 3.8) is 0 Å². The van der Waals surface area contributed by atoms with Crippen molar-refractivity contribution in [2.45, 2.75) is 33.1 Å². The van der Waals surface area contributed by atoms with Gasteiger partial charge in [0.15, 0.2) is 0 Å². The summed E-state index contributed by atoms with van der Waals surface area (Å²) >= 11 is 0. The van der Waals surface area contributed by atoms with Crippen molar-refractivity contribution in [1.29, 1.82) is 5.41 Å². The van der Waals surface area contributed by atoms with E-state index < -0.39 is 0 Å². The van der Waals surface area contributed by atoms with Crippen LogP contribution in [0.25, 0.3) is 0 Å². The molecule has 0 spiro atoms. The van der Waals surface area contributed by atoms with Gasteiger partial charge in [0.2, 0.25) is 0 Å². The van der Waals surface area contributed by atoms with E-state index >= 15 is 0 Å². The Bertz CT molecular complexity index is 221. The molecule has 0 aromatic carbocycles. The molecule has 1 rings (SSSR count). The zero-order valence-corrected chi connectivity index (χ0v) is 10.6. The Morgan fingerprint density at radius 2 is 2.00 bits per heavy atom. The number of rotatable bonds is 4. The topological polar surface area (TPSA) is 30.3 Å². The highest BCUT2D eigenvalue weighted by Crippen LogP contribution is 2.21. The van der Waals surface area contributed by atoms with Gasteiger partial charge in [0, 0.05) is 26.1 Å². The van der Waals surface area contributed by atoms with Crippen molar-refractivity contribution >= 4 is 5.84 Å². The Hall–Kier alpha value is -0.570. The number of hydrogen-bond acceptors (Lipinski definition) is 2. The lowest BCUT2D eigenvalue weighted by molar-refractivity contribution is 0.181. The molecule has 0 aromatic heterocycles. The smallest absolute Gasteiger partial charge is 0.0957 e. The van der Waals surface area contributed by atoms with Crippen LogP contribution in [0, 0.1) is 10.8 Å². The third kappa shape index (κ3) is 4.20. The first-order valence-corrected chi connectivity index (χ1v) is 5.88. The lowest BCUT2D eigenvalue weighted by Gasteiger charge is -2.37. The highest BCUT2D eigenvalue weighted by atomic mass is 15.2. The van der Waals surface area contributed by atoms with E-state index in [4.69, 9.17) is 5.41 Å². The van der Waals surface area contributed by atoms with Gasteiger partial charge >= 0.3 is 0 Å². The van der Waals surface area contributed by atoms with E-state index in [1.807, 2.05) is 0 Å². The molecule has 0 saturated carbocycles. The highest BCUT2D eigenvalue weighted by Gasteiger charge is 2.25. The molecule has 1 N–H and O–H groups in total. The van der Waals surface area contributed by atoms with Gasteiger partial charge in [-0.2, -0.15) is 0 Å². The van der Waals surface area contributed by atoms with Crippen LogP contribution >= 0.6 is 0 Å². The number of nitrogens with zero attached hydrogens (tertiary/aromatic N) is 2. The minimum absolute atomic E-state index is 0.271. The summed E-state index contributed by atoms with van der Waals surface area (Å²) < 4.78 is 0. The predicted molar refractivity (Wildman–Crippen MR) is 65.5 cm³/mol. The summed E-state index contributed by atoms with van der Waals surface area (Å²) in [6, 6.07) is 0. The second-order valence-corrected chi connectivity index (χ2v) is 5.73. The van der Waals surface area contributed by atoms with Crippen molar-refractivity contribution < 1.29 is 0 Å². The van der Waals surface area contributed by atoms with Gasteiger partial charge in [-0.3, -0.25) is 5.41 Å². The molecule has 0 unspecified atom stereocenters. The Labute approximate surface area is 94.0 Å². The molecule has 1 heterocycles. The van der Waals surface area contributed by atoms with Crippen LogP contribution in [0.1, 0.15) is 33.1 Å². The SMILES string of the molecule is CN(C)CC(C)(C)CN1CCCCC1=N. The minimum Gasteiger partial charge on any atom is -0.360 e. The van der Waals surface area contributed by atoms with Gasteiger partial charge < -0.3 is 9.80 Å². The van der Waals surface area contributed by atoms with Gasteiger partial charge in [-0.05, 0) is 32.4 Å². The van der Waals surface area contributed by atoms with Crippen molar-refractivity contribution in [2.24, 2.45) is 5.41 Å². The lowest BCUT2D eigenvalue weighted by atomic mass is 9.91. The number of amidine groups is 1. The fourth-order valence-corrected chi connectivity index (χ4v) is 2.49. The monoisotopic (exact) mass is 211 g/mol. The molecule has 3 nitrogen and oxygen atoms in total. The van der Waals surface area contributed by atoms with Crippen LogP contribution in [-0.2, 0) is 0 Å². The molecular weight excluding hydrogens is 186 g/mol. The number of likely N-dealkylation sites (tertiary alicyclic amines) is 1. The number of hydrogen-bond donors (Lipinski definition) is 1. The molecule has 0 radical (unpaired) electrons. The lowest BCUT2D eigenvalue weighted by Crippen LogP contribution is -2.44. The van der Waals surface area contributed by atoms with Crippen molar-refractivity contribution in [3.8, 4) is 0 Å². The largest absolute Gasteiger partial charge is 0.360 e. The second-order valence-electron chi connectivity index (χ2n) is 5.73. The molecule has 0 aromatic rings. The quantitative estimate of drug-likeness (QED) is 0.771. The van der Waals surface area contributed by atoms with E-state index in [1.54, 1.807) is 0 Å². The Kier molecular flexibility index (Phi) is 4.14. The van der Waals surface area contributed by atoms with Crippen LogP contribution < -0.4 is 0 Å². The molecule has 0 aliphatic carbocycles. The summed E-state index contributed by atoms with van der Waals surface area (Å²) in [7, 11) is 4.23. The fourth-order valence-electron chi connectivity index (χ4n) is 2.49. The van der Waals surface area contributed by atoms with Gasteiger partial charge in [0.1, 0.15) is 0 Å². The standard InChI is InChI=1S/C12H25N3/c1-12(2,9-14(3)4)10-15-8-6-5-7-11(15)13/h13H,5-10H2,1-4H3. The summed E-state index contributed by atoms with van der Waals surface area (Å²) in [5.74, 6) is 0.841. The minimum atomic E-state index is 0.271.